The highest BCUT2D eigenvalue weighted by atomic mass is 19.4. The monoisotopic (exact) mass is 383 g/mol. The molecule has 1 aliphatic heterocycles. The second-order valence-electron chi connectivity index (χ2n) is 8.97. The van der Waals surface area contributed by atoms with E-state index in [1.807, 2.05) is 11.0 Å². The largest absolute Gasteiger partial charge is 0.573 e. The summed E-state index contributed by atoms with van der Waals surface area (Å²) < 4.78 is 41.7. The van der Waals surface area contributed by atoms with E-state index in [1.54, 1.807) is 19.9 Å². The smallest absolute Gasteiger partial charge is 0.406 e. The van der Waals surface area contributed by atoms with Crippen LogP contribution in [0.3, 0.4) is 0 Å². The van der Waals surface area contributed by atoms with E-state index in [9.17, 15) is 23.1 Å². The maximum Gasteiger partial charge on any atom is 0.573 e. The molecule has 3 aliphatic rings. The van der Waals surface area contributed by atoms with Crippen LogP contribution in [0.25, 0.3) is 0 Å². The molecule has 7 heteroatoms. The van der Waals surface area contributed by atoms with E-state index in [0.717, 1.165) is 31.5 Å². The van der Waals surface area contributed by atoms with Gasteiger partial charge in [-0.2, -0.15) is 0 Å². The number of halogens is 3. The number of rotatable bonds is 3. The number of nitrogens with zero attached hydrogens (tertiary/aromatic N) is 1. The van der Waals surface area contributed by atoms with Crippen LogP contribution in [0.2, 0.25) is 0 Å². The summed E-state index contributed by atoms with van der Waals surface area (Å²) >= 11 is 0. The van der Waals surface area contributed by atoms with Crippen molar-refractivity contribution in [3.63, 3.8) is 0 Å². The molecule has 0 bridgehead atoms. The molecule has 0 radical (unpaired) electrons. The molecule has 1 N–H and O–H groups in total. The number of amides is 1. The minimum Gasteiger partial charge on any atom is -0.406 e. The molecule has 2 saturated carbocycles. The fraction of sp³-hybridized carbons (Fsp3) is 0.650. The van der Waals surface area contributed by atoms with Crippen molar-refractivity contribution in [1.29, 1.82) is 0 Å². The first-order chi connectivity index (χ1) is 12.5. The number of carbonyl (C=O) groups is 1. The quantitative estimate of drug-likeness (QED) is 0.865. The third-order valence-corrected chi connectivity index (χ3v) is 6.35. The molecule has 0 aromatic heterocycles. The maximum absolute atomic E-state index is 12.5. The van der Waals surface area contributed by atoms with Gasteiger partial charge in [-0.3, -0.25) is 4.79 Å². The molecule has 2 aliphatic carbocycles. The molecular formula is C20H24F3NO3. The lowest BCUT2D eigenvalue weighted by Gasteiger charge is -2.60. The zero-order valence-electron chi connectivity index (χ0n) is 15.5. The van der Waals surface area contributed by atoms with E-state index in [1.165, 1.54) is 6.07 Å². The fourth-order valence-corrected chi connectivity index (χ4v) is 4.94. The lowest BCUT2D eigenvalue weighted by Crippen LogP contribution is -2.65. The Bertz CT molecular complexity index is 752. The molecule has 4 rings (SSSR count). The summed E-state index contributed by atoms with van der Waals surface area (Å²) in [6.07, 6.45) is -1.86. The van der Waals surface area contributed by atoms with Crippen LogP contribution in [-0.2, 0) is 4.79 Å². The third kappa shape index (κ3) is 3.53. The molecule has 4 nitrogen and oxygen atoms in total. The molecule has 1 amide bonds. The lowest BCUT2D eigenvalue weighted by atomic mass is 9.55. The Morgan fingerprint density at radius 2 is 1.85 bits per heavy atom. The van der Waals surface area contributed by atoms with E-state index >= 15 is 0 Å². The van der Waals surface area contributed by atoms with Crippen LogP contribution in [0.15, 0.2) is 18.2 Å². The lowest BCUT2D eigenvalue weighted by molar-refractivity contribution is -0.274. The van der Waals surface area contributed by atoms with Crippen LogP contribution >= 0.6 is 0 Å². The molecular weight excluding hydrogens is 359 g/mol. The van der Waals surface area contributed by atoms with Gasteiger partial charge in [0, 0.05) is 24.4 Å². The number of benzene rings is 1. The molecule has 0 unspecified atom stereocenters. The second kappa shape index (κ2) is 5.87. The van der Waals surface area contributed by atoms with Gasteiger partial charge in [-0.25, -0.2) is 0 Å². The Kier molecular flexibility index (Phi) is 4.04. The van der Waals surface area contributed by atoms with Crippen LogP contribution in [-0.4, -0.2) is 41.0 Å². The number of hydrogen-bond donors (Lipinski definition) is 1. The van der Waals surface area contributed by atoms with Gasteiger partial charge in [-0.1, -0.05) is 12.1 Å². The Hall–Kier alpha value is -1.76. The van der Waals surface area contributed by atoms with Crippen LogP contribution < -0.4 is 4.74 Å². The van der Waals surface area contributed by atoms with Crippen molar-refractivity contribution in [1.82, 2.24) is 4.90 Å². The number of ether oxygens (including phenoxy) is 1. The van der Waals surface area contributed by atoms with Gasteiger partial charge in [0.25, 0.3) is 0 Å². The number of aryl methyl sites for hydroxylation is 1. The third-order valence-electron chi connectivity index (χ3n) is 6.35. The Morgan fingerprint density at radius 3 is 2.41 bits per heavy atom. The first-order valence-corrected chi connectivity index (χ1v) is 9.33. The van der Waals surface area contributed by atoms with Crippen molar-refractivity contribution in [3.8, 4) is 5.75 Å². The fourth-order valence-electron chi connectivity index (χ4n) is 4.94. The number of alkyl halides is 3. The summed E-state index contributed by atoms with van der Waals surface area (Å²) in [5.41, 5.74) is 0.737. The molecule has 3 fully saturated rings. The highest BCUT2D eigenvalue weighted by molar-refractivity contribution is 5.81. The summed E-state index contributed by atoms with van der Waals surface area (Å²) in [4.78, 5) is 14.2. The molecule has 0 atom stereocenters. The molecule has 148 valence electrons. The summed E-state index contributed by atoms with van der Waals surface area (Å²) in [6.45, 7) is 4.79. The van der Waals surface area contributed by atoms with Gasteiger partial charge >= 0.3 is 6.36 Å². The van der Waals surface area contributed by atoms with Gasteiger partial charge in [-0.15, -0.1) is 13.2 Å². The number of likely N-dealkylation sites (tertiary alicyclic amines) is 1. The summed E-state index contributed by atoms with van der Waals surface area (Å²) in [6, 6.07) is 5.03. The van der Waals surface area contributed by atoms with Crippen molar-refractivity contribution in [2.45, 2.75) is 57.4 Å². The van der Waals surface area contributed by atoms with Crippen molar-refractivity contribution in [3.05, 3.63) is 29.3 Å². The van der Waals surface area contributed by atoms with Crippen LogP contribution in [0, 0.1) is 18.3 Å². The Balaban J connectivity index is 1.32. The van der Waals surface area contributed by atoms with E-state index in [0.29, 0.717) is 18.4 Å². The van der Waals surface area contributed by atoms with Gasteiger partial charge in [0.1, 0.15) is 5.75 Å². The van der Waals surface area contributed by atoms with Gasteiger partial charge in [0.2, 0.25) is 5.91 Å². The van der Waals surface area contributed by atoms with E-state index < -0.39 is 12.0 Å². The normalized spacial score (nSPS) is 29.7. The summed E-state index contributed by atoms with van der Waals surface area (Å²) in [5.74, 6) is 0.144. The predicted octanol–water partition coefficient (Wildman–Crippen LogP) is 3.76. The van der Waals surface area contributed by atoms with Crippen LogP contribution in [0.5, 0.6) is 5.75 Å². The zero-order chi connectivity index (χ0) is 19.6. The van der Waals surface area contributed by atoms with E-state index in [4.69, 9.17) is 0 Å². The van der Waals surface area contributed by atoms with Crippen molar-refractivity contribution in [2.24, 2.45) is 11.3 Å². The molecule has 1 spiro atoms. The average molecular weight is 383 g/mol. The number of carbonyl (C=O) groups excluding carboxylic acids is 1. The van der Waals surface area contributed by atoms with Crippen molar-refractivity contribution >= 4 is 5.91 Å². The summed E-state index contributed by atoms with van der Waals surface area (Å²) in [7, 11) is 0. The second-order valence-corrected chi connectivity index (χ2v) is 8.97. The predicted molar refractivity (Wildman–Crippen MR) is 92.2 cm³/mol. The highest BCUT2D eigenvalue weighted by Gasteiger charge is 2.56. The van der Waals surface area contributed by atoms with Crippen LogP contribution in [0.1, 0.15) is 49.7 Å². The summed E-state index contributed by atoms with van der Waals surface area (Å²) in [5, 5.41) is 9.79. The SMILES string of the molecule is Cc1ccc(C2CC3(C2)CN(C(=O)[C@H]2C[C@@](C)(O)C2)C3)cc1OC(F)(F)F. The minimum absolute atomic E-state index is 0.0626. The van der Waals surface area contributed by atoms with Gasteiger partial charge in [0.05, 0.1) is 5.60 Å². The molecule has 1 heterocycles. The molecule has 1 aromatic carbocycles. The molecule has 1 saturated heterocycles. The number of aliphatic hydroxyl groups is 1. The Morgan fingerprint density at radius 1 is 1.22 bits per heavy atom. The number of hydrogen-bond acceptors (Lipinski definition) is 3. The van der Waals surface area contributed by atoms with Gasteiger partial charge < -0.3 is 14.7 Å². The minimum atomic E-state index is -4.69. The maximum atomic E-state index is 12.5. The zero-order valence-corrected chi connectivity index (χ0v) is 15.5. The molecule has 1 aromatic rings. The van der Waals surface area contributed by atoms with E-state index in [-0.39, 0.29) is 28.9 Å². The first-order valence-electron chi connectivity index (χ1n) is 9.33. The van der Waals surface area contributed by atoms with E-state index in [2.05, 4.69) is 4.74 Å². The highest BCUT2D eigenvalue weighted by Crippen LogP contribution is 2.57. The van der Waals surface area contributed by atoms with Gasteiger partial charge in [0.15, 0.2) is 0 Å². The van der Waals surface area contributed by atoms with Gasteiger partial charge in [-0.05, 0) is 62.6 Å². The average Bonchev–Trinajstić information content (AvgIpc) is 2.43. The van der Waals surface area contributed by atoms with Crippen molar-refractivity contribution in [2.75, 3.05) is 13.1 Å². The first kappa shape index (κ1) is 18.6. The Labute approximate surface area is 156 Å². The van der Waals surface area contributed by atoms with Crippen molar-refractivity contribution < 1.29 is 27.8 Å². The topological polar surface area (TPSA) is 49.8 Å². The standard InChI is InChI=1S/C20H24F3NO3/c1-12-3-4-13(5-16(12)27-20(21,22)23)14-8-19(9-14)10-24(11-19)17(25)15-6-18(2,26)7-15/h3-5,14-15,26H,6-11H2,1-2H3/t15-,18+. The molecule has 27 heavy (non-hydrogen) atoms. The van der Waals surface area contributed by atoms with Crippen LogP contribution in [0.4, 0.5) is 13.2 Å².